The third-order valence-electron chi connectivity index (χ3n) is 2.34. The van der Waals surface area contributed by atoms with Gasteiger partial charge in [0.25, 0.3) is 0 Å². The fraction of sp³-hybridized carbons (Fsp3) is 0.600. The van der Waals surface area contributed by atoms with Gasteiger partial charge in [0.15, 0.2) is 0 Å². The first kappa shape index (κ1) is 10.6. The van der Waals surface area contributed by atoms with E-state index < -0.39 is 0 Å². The minimum atomic E-state index is 0.217. The zero-order valence-electron chi connectivity index (χ0n) is 8.85. The van der Waals surface area contributed by atoms with Crippen LogP contribution >= 0.6 is 11.6 Å². The molecule has 0 bridgehead atoms. The first-order valence-electron chi connectivity index (χ1n) is 5.03. The third kappa shape index (κ3) is 2.58. The number of anilines is 1. The maximum absolute atomic E-state index is 5.81. The number of aromatic nitrogens is 2. The van der Waals surface area contributed by atoms with E-state index in [2.05, 4.69) is 28.7 Å². The minimum absolute atomic E-state index is 0.217. The van der Waals surface area contributed by atoms with Gasteiger partial charge in [0.1, 0.15) is 11.0 Å². The van der Waals surface area contributed by atoms with Crippen LogP contribution in [0.25, 0.3) is 0 Å². The molecule has 1 unspecified atom stereocenters. The summed E-state index contributed by atoms with van der Waals surface area (Å²) in [6.45, 7) is 5.78. The number of halogens is 1. The monoisotopic (exact) mass is 227 g/mol. The second kappa shape index (κ2) is 4.33. The molecule has 1 aliphatic rings. The van der Waals surface area contributed by atoms with Crippen LogP contribution < -0.4 is 4.90 Å². The van der Waals surface area contributed by atoms with Gasteiger partial charge < -0.3 is 9.64 Å². The van der Waals surface area contributed by atoms with Gasteiger partial charge in [-0.3, -0.25) is 4.98 Å². The van der Waals surface area contributed by atoms with Gasteiger partial charge in [0.2, 0.25) is 0 Å². The summed E-state index contributed by atoms with van der Waals surface area (Å²) in [5, 5.41) is 0.430. The highest BCUT2D eigenvalue weighted by Crippen LogP contribution is 2.18. The van der Waals surface area contributed by atoms with Crippen LogP contribution in [0.4, 0.5) is 5.82 Å². The lowest BCUT2D eigenvalue weighted by Crippen LogP contribution is -2.45. The van der Waals surface area contributed by atoms with Crippen molar-refractivity contribution in [2.75, 3.05) is 18.0 Å². The van der Waals surface area contributed by atoms with Crippen LogP contribution in [-0.2, 0) is 4.74 Å². The Kier molecular flexibility index (Phi) is 3.07. The van der Waals surface area contributed by atoms with Gasteiger partial charge in [0, 0.05) is 13.1 Å². The van der Waals surface area contributed by atoms with Gasteiger partial charge in [-0.2, -0.15) is 0 Å². The van der Waals surface area contributed by atoms with Crippen LogP contribution in [0.2, 0.25) is 5.15 Å². The van der Waals surface area contributed by atoms with Crippen LogP contribution in [0.15, 0.2) is 12.4 Å². The largest absolute Gasteiger partial charge is 0.372 e. The lowest BCUT2D eigenvalue weighted by Gasteiger charge is -2.35. The van der Waals surface area contributed by atoms with E-state index in [0.717, 1.165) is 18.9 Å². The highest BCUT2D eigenvalue weighted by Gasteiger charge is 2.23. The van der Waals surface area contributed by atoms with E-state index in [1.165, 1.54) is 0 Å². The van der Waals surface area contributed by atoms with Crippen molar-refractivity contribution < 1.29 is 4.74 Å². The molecular formula is C10H14ClN3O. The molecule has 1 aromatic rings. The summed E-state index contributed by atoms with van der Waals surface area (Å²) in [7, 11) is 0. The third-order valence-corrected chi connectivity index (χ3v) is 2.52. The quantitative estimate of drug-likeness (QED) is 0.733. The molecule has 1 aliphatic heterocycles. The second-order valence-corrected chi connectivity index (χ2v) is 4.25. The summed E-state index contributed by atoms with van der Waals surface area (Å²) in [6.07, 6.45) is 3.71. The average Bonchev–Trinajstić information content (AvgIpc) is 2.16. The molecule has 0 saturated carbocycles. The van der Waals surface area contributed by atoms with E-state index >= 15 is 0 Å². The molecule has 2 rings (SSSR count). The van der Waals surface area contributed by atoms with E-state index in [1.807, 2.05) is 0 Å². The van der Waals surface area contributed by atoms with Gasteiger partial charge >= 0.3 is 0 Å². The maximum atomic E-state index is 5.81. The average molecular weight is 228 g/mol. The fourth-order valence-corrected chi connectivity index (χ4v) is 1.99. The lowest BCUT2D eigenvalue weighted by molar-refractivity contribution is -0.00547. The Bertz CT molecular complexity index is 337. The lowest BCUT2D eigenvalue weighted by atomic mass is 10.2. The predicted molar refractivity (Wildman–Crippen MR) is 59.3 cm³/mol. The maximum Gasteiger partial charge on any atom is 0.149 e. The number of morpholine rings is 1. The molecule has 0 aromatic carbocycles. The SMILES string of the molecule is CC1CN(c2cncc(Cl)n2)C[C@H](C)O1. The highest BCUT2D eigenvalue weighted by atomic mass is 35.5. The fourth-order valence-electron chi connectivity index (χ4n) is 1.85. The van der Waals surface area contributed by atoms with Crippen molar-refractivity contribution in [2.45, 2.75) is 26.1 Å². The standard InChI is InChI=1S/C10H14ClN3O/c1-7-5-14(6-8(2)15-7)10-4-12-3-9(11)13-10/h3-4,7-8H,5-6H2,1-2H3/t7-,8?/m0/s1. The molecule has 0 spiro atoms. The summed E-state index contributed by atoms with van der Waals surface area (Å²) in [5.41, 5.74) is 0. The number of hydrogen-bond acceptors (Lipinski definition) is 4. The topological polar surface area (TPSA) is 38.2 Å². The van der Waals surface area contributed by atoms with Crippen molar-refractivity contribution in [1.29, 1.82) is 0 Å². The number of ether oxygens (including phenoxy) is 1. The molecule has 5 heteroatoms. The Hall–Kier alpha value is -0.870. The summed E-state index contributed by atoms with van der Waals surface area (Å²) in [4.78, 5) is 10.4. The molecular weight excluding hydrogens is 214 g/mol. The molecule has 2 atom stereocenters. The molecule has 0 amide bonds. The number of hydrogen-bond donors (Lipinski definition) is 0. The van der Waals surface area contributed by atoms with Crippen LogP contribution in [0, 0.1) is 0 Å². The van der Waals surface area contributed by atoms with Gasteiger partial charge in [-0.15, -0.1) is 0 Å². The van der Waals surface area contributed by atoms with Gasteiger partial charge in [-0.05, 0) is 13.8 Å². The smallest absolute Gasteiger partial charge is 0.149 e. The van der Waals surface area contributed by atoms with Crippen molar-refractivity contribution in [3.05, 3.63) is 17.5 Å². The predicted octanol–water partition coefficient (Wildman–Crippen LogP) is 1.74. The molecule has 0 N–H and O–H groups in total. The molecule has 2 heterocycles. The molecule has 0 radical (unpaired) electrons. The summed E-state index contributed by atoms with van der Waals surface area (Å²) in [6, 6.07) is 0. The van der Waals surface area contributed by atoms with E-state index in [1.54, 1.807) is 12.4 Å². The summed E-state index contributed by atoms with van der Waals surface area (Å²) >= 11 is 5.81. The zero-order valence-corrected chi connectivity index (χ0v) is 9.61. The van der Waals surface area contributed by atoms with Crippen molar-refractivity contribution in [2.24, 2.45) is 0 Å². The highest BCUT2D eigenvalue weighted by molar-refractivity contribution is 6.29. The molecule has 1 saturated heterocycles. The van der Waals surface area contributed by atoms with E-state index in [0.29, 0.717) is 5.15 Å². The van der Waals surface area contributed by atoms with Crippen LogP contribution in [-0.4, -0.2) is 35.3 Å². The van der Waals surface area contributed by atoms with Crippen molar-refractivity contribution in [3.63, 3.8) is 0 Å². The van der Waals surface area contributed by atoms with E-state index in [9.17, 15) is 0 Å². The normalized spacial score (nSPS) is 26.7. The van der Waals surface area contributed by atoms with Crippen LogP contribution in [0.1, 0.15) is 13.8 Å². The Morgan fingerprint density at radius 3 is 2.60 bits per heavy atom. The van der Waals surface area contributed by atoms with Crippen LogP contribution in [0.5, 0.6) is 0 Å². The van der Waals surface area contributed by atoms with Gasteiger partial charge in [-0.1, -0.05) is 11.6 Å². The minimum Gasteiger partial charge on any atom is -0.372 e. The Balaban J connectivity index is 2.16. The van der Waals surface area contributed by atoms with E-state index in [-0.39, 0.29) is 12.2 Å². The van der Waals surface area contributed by atoms with Crippen LogP contribution in [0.3, 0.4) is 0 Å². The molecule has 4 nitrogen and oxygen atoms in total. The zero-order chi connectivity index (χ0) is 10.8. The number of rotatable bonds is 1. The van der Waals surface area contributed by atoms with E-state index in [4.69, 9.17) is 16.3 Å². The first-order chi connectivity index (χ1) is 7.15. The van der Waals surface area contributed by atoms with Gasteiger partial charge in [0.05, 0.1) is 24.6 Å². The molecule has 0 aliphatic carbocycles. The molecule has 15 heavy (non-hydrogen) atoms. The van der Waals surface area contributed by atoms with Crippen molar-refractivity contribution >= 4 is 17.4 Å². The van der Waals surface area contributed by atoms with Gasteiger partial charge in [-0.25, -0.2) is 4.98 Å². The Morgan fingerprint density at radius 2 is 2.00 bits per heavy atom. The molecule has 1 fully saturated rings. The molecule has 82 valence electrons. The number of nitrogens with zero attached hydrogens (tertiary/aromatic N) is 3. The Morgan fingerprint density at radius 1 is 1.33 bits per heavy atom. The first-order valence-corrected chi connectivity index (χ1v) is 5.41. The molecule has 1 aromatic heterocycles. The summed E-state index contributed by atoms with van der Waals surface area (Å²) < 4.78 is 5.65. The second-order valence-electron chi connectivity index (χ2n) is 3.86. The van der Waals surface area contributed by atoms with Crippen molar-refractivity contribution in [3.8, 4) is 0 Å². The van der Waals surface area contributed by atoms with Crippen molar-refractivity contribution in [1.82, 2.24) is 9.97 Å². The Labute approximate surface area is 94.2 Å². The summed E-state index contributed by atoms with van der Waals surface area (Å²) in [5.74, 6) is 0.824.